The van der Waals surface area contributed by atoms with E-state index < -0.39 is 12.0 Å². The molecule has 2 nitrogen and oxygen atoms in total. The van der Waals surface area contributed by atoms with Crippen LogP contribution in [0.4, 0.5) is 8.78 Å². The molecule has 2 aromatic carbocycles. The first-order valence-electron chi connectivity index (χ1n) is 8.89. The zero-order valence-electron chi connectivity index (χ0n) is 14.3. The number of alkyl halides is 2. The molecule has 0 aliphatic heterocycles. The zero-order valence-corrected chi connectivity index (χ0v) is 14.3. The average Bonchev–Trinajstić information content (AvgIpc) is 2.63. The summed E-state index contributed by atoms with van der Waals surface area (Å²) in [5.74, 6) is 0. The number of nitrogens with zero attached hydrogens (tertiary/aromatic N) is 1. The molecule has 1 aliphatic rings. The van der Waals surface area contributed by atoms with Gasteiger partial charge in [-0.15, -0.1) is 0 Å². The second kappa shape index (κ2) is 8.07. The molecule has 0 amide bonds. The summed E-state index contributed by atoms with van der Waals surface area (Å²) in [4.78, 5) is 2.36. The lowest BCUT2D eigenvalue weighted by molar-refractivity contribution is -0.126. The Morgan fingerprint density at radius 1 is 0.880 bits per heavy atom. The Kier molecular flexibility index (Phi) is 5.82. The van der Waals surface area contributed by atoms with Crippen LogP contribution in [0.25, 0.3) is 0 Å². The highest BCUT2D eigenvalue weighted by Crippen LogP contribution is 2.36. The summed E-state index contributed by atoms with van der Waals surface area (Å²) in [7, 11) is 0. The molecule has 1 saturated carbocycles. The lowest BCUT2D eigenvalue weighted by atomic mass is 9.81. The number of rotatable bonds is 6. The maximum atomic E-state index is 13.1. The van der Waals surface area contributed by atoms with Crippen LogP contribution in [0.5, 0.6) is 0 Å². The summed E-state index contributed by atoms with van der Waals surface area (Å²) < 4.78 is 26.1. The predicted molar refractivity (Wildman–Crippen MR) is 95.3 cm³/mol. The number of halogens is 2. The molecule has 0 bridgehead atoms. The van der Waals surface area contributed by atoms with Gasteiger partial charge in [0.15, 0.2) is 0 Å². The summed E-state index contributed by atoms with van der Waals surface area (Å²) in [6.45, 7) is 1.57. The van der Waals surface area contributed by atoms with Crippen molar-refractivity contribution in [3.8, 4) is 0 Å². The molecule has 0 heterocycles. The van der Waals surface area contributed by atoms with E-state index in [1.807, 2.05) is 36.4 Å². The van der Waals surface area contributed by atoms with E-state index in [2.05, 4.69) is 29.2 Å². The smallest absolute Gasteiger partial charge is 0.266 e. The molecule has 1 N–H and O–H groups in total. The maximum Gasteiger partial charge on any atom is 0.266 e. The standard InChI is InChI=1S/C21H25F2NO/c22-20(23)21(25)13-11-19(12-14-21)24(15-17-7-3-1-4-8-17)16-18-9-5-2-6-10-18/h1-10,19-20,25H,11-16H2/t19-,21-. The van der Waals surface area contributed by atoms with Crippen molar-refractivity contribution in [2.45, 2.75) is 56.8 Å². The van der Waals surface area contributed by atoms with Crippen LogP contribution in [-0.2, 0) is 13.1 Å². The summed E-state index contributed by atoms with van der Waals surface area (Å²) >= 11 is 0. The summed E-state index contributed by atoms with van der Waals surface area (Å²) in [6.07, 6.45) is -1.14. The van der Waals surface area contributed by atoms with Crippen LogP contribution < -0.4 is 0 Å². The quantitative estimate of drug-likeness (QED) is 0.825. The van der Waals surface area contributed by atoms with E-state index in [0.29, 0.717) is 12.8 Å². The second-order valence-corrected chi connectivity index (χ2v) is 7.01. The molecule has 134 valence electrons. The topological polar surface area (TPSA) is 23.5 Å². The van der Waals surface area contributed by atoms with Crippen LogP contribution in [0.3, 0.4) is 0 Å². The number of hydrogen-bond donors (Lipinski definition) is 1. The van der Waals surface area contributed by atoms with E-state index in [1.165, 1.54) is 11.1 Å². The van der Waals surface area contributed by atoms with Gasteiger partial charge in [0.1, 0.15) is 5.60 Å². The van der Waals surface area contributed by atoms with Gasteiger partial charge in [-0.3, -0.25) is 4.90 Å². The van der Waals surface area contributed by atoms with Gasteiger partial charge in [-0.2, -0.15) is 0 Å². The Hall–Kier alpha value is -1.78. The van der Waals surface area contributed by atoms with Crippen LogP contribution in [-0.4, -0.2) is 28.1 Å². The SMILES string of the molecule is O[C@]1(C(F)F)CC[C@@H](N(Cc2ccccc2)Cc2ccccc2)CC1. The molecule has 0 spiro atoms. The highest BCUT2D eigenvalue weighted by Gasteiger charge is 2.42. The van der Waals surface area contributed by atoms with E-state index in [-0.39, 0.29) is 18.9 Å². The Morgan fingerprint density at radius 2 is 1.32 bits per heavy atom. The molecule has 0 aromatic heterocycles. The van der Waals surface area contributed by atoms with Crippen molar-refractivity contribution in [1.82, 2.24) is 4.90 Å². The molecule has 3 rings (SSSR count). The maximum absolute atomic E-state index is 13.1. The first kappa shape index (κ1) is 18.0. The molecule has 1 aliphatic carbocycles. The van der Waals surface area contributed by atoms with E-state index in [0.717, 1.165) is 13.1 Å². The van der Waals surface area contributed by atoms with Gasteiger partial charge >= 0.3 is 0 Å². The molecule has 0 unspecified atom stereocenters. The first-order valence-corrected chi connectivity index (χ1v) is 8.89. The second-order valence-electron chi connectivity index (χ2n) is 7.01. The van der Waals surface area contributed by atoms with E-state index in [1.54, 1.807) is 0 Å². The lowest BCUT2D eigenvalue weighted by Crippen LogP contribution is -2.46. The third kappa shape index (κ3) is 4.65. The summed E-state index contributed by atoms with van der Waals surface area (Å²) in [5, 5.41) is 10.1. The van der Waals surface area contributed by atoms with Gasteiger partial charge in [0, 0.05) is 19.1 Å². The van der Waals surface area contributed by atoms with E-state index >= 15 is 0 Å². The Balaban J connectivity index is 1.72. The molecule has 25 heavy (non-hydrogen) atoms. The first-order chi connectivity index (χ1) is 12.1. The Bertz CT molecular complexity index is 598. The number of benzene rings is 2. The van der Waals surface area contributed by atoms with Gasteiger partial charge in [0.05, 0.1) is 0 Å². The fourth-order valence-electron chi connectivity index (χ4n) is 3.64. The van der Waals surface area contributed by atoms with Crippen molar-refractivity contribution in [3.05, 3.63) is 71.8 Å². The van der Waals surface area contributed by atoms with Crippen LogP contribution in [0.15, 0.2) is 60.7 Å². The van der Waals surface area contributed by atoms with Gasteiger partial charge < -0.3 is 5.11 Å². The van der Waals surface area contributed by atoms with Crippen LogP contribution in [0.2, 0.25) is 0 Å². The summed E-state index contributed by atoms with van der Waals surface area (Å²) in [5.41, 5.74) is 0.628. The molecule has 4 heteroatoms. The molecular weight excluding hydrogens is 320 g/mol. The van der Waals surface area contributed by atoms with Gasteiger partial charge in [0.25, 0.3) is 6.43 Å². The third-order valence-electron chi connectivity index (χ3n) is 5.20. The molecular formula is C21H25F2NO. The van der Waals surface area contributed by atoms with Gasteiger partial charge in [-0.1, -0.05) is 60.7 Å². The van der Waals surface area contributed by atoms with Crippen LogP contribution in [0, 0.1) is 0 Å². The van der Waals surface area contributed by atoms with Crippen molar-refractivity contribution in [2.75, 3.05) is 0 Å². The van der Waals surface area contributed by atoms with Crippen molar-refractivity contribution in [1.29, 1.82) is 0 Å². The highest BCUT2D eigenvalue weighted by molar-refractivity contribution is 5.17. The van der Waals surface area contributed by atoms with Gasteiger partial charge in [-0.25, -0.2) is 8.78 Å². The largest absolute Gasteiger partial charge is 0.384 e. The minimum absolute atomic E-state index is 0.162. The molecule has 2 aromatic rings. The van der Waals surface area contributed by atoms with E-state index in [9.17, 15) is 13.9 Å². The Morgan fingerprint density at radius 3 is 1.72 bits per heavy atom. The van der Waals surface area contributed by atoms with Crippen LogP contribution in [0.1, 0.15) is 36.8 Å². The fraction of sp³-hybridized carbons (Fsp3) is 0.429. The lowest BCUT2D eigenvalue weighted by Gasteiger charge is -2.40. The normalized spacial score (nSPS) is 24.0. The van der Waals surface area contributed by atoms with Crippen molar-refractivity contribution in [2.24, 2.45) is 0 Å². The highest BCUT2D eigenvalue weighted by atomic mass is 19.3. The van der Waals surface area contributed by atoms with E-state index in [4.69, 9.17) is 0 Å². The van der Waals surface area contributed by atoms with Gasteiger partial charge in [0.2, 0.25) is 0 Å². The minimum atomic E-state index is -2.66. The Labute approximate surface area is 148 Å². The average molecular weight is 345 g/mol. The molecule has 0 atom stereocenters. The van der Waals surface area contributed by atoms with Gasteiger partial charge in [-0.05, 0) is 36.8 Å². The molecule has 0 radical (unpaired) electrons. The number of aliphatic hydroxyl groups is 1. The molecule has 1 fully saturated rings. The van der Waals surface area contributed by atoms with Crippen molar-refractivity contribution in [3.63, 3.8) is 0 Å². The third-order valence-corrected chi connectivity index (χ3v) is 5.20. The number of hydrogen-bond acceptors (Lipinski definition) is 2. The monoisotopic (exact) mass is 345 g/mol. The fourth-order valence-corrected chi connectivity index (χ4v) is 3.64. The summed E-state index contributed by atoms with van der Waals surface area (Å²) in [6, 6.07) is 20.7. The predicted octanol–water partition coefficient (Wildman–Crippen LogP) is 4.63. The molecule has 0 saturated heterocycles. The van der Waals surface area contributed by atoms with Crippen molar-refractivity contribution >= 4 is 0 Å². The van der Waals surface area contributed by atoms with Crippen LogP contribution >= 0.6 is 0 Å². The zero-order chi connectivity index (χ0) is 17.7. The minimum Gasteiger partial charge on any atom is -0.384 e. The van der Waals surface area contributed by atoms with Crippen molar-refractivity contribution < 1.29 is 13.9 Å².